The quantitative estimate of drug-likeness (QED) is 0.732. The summed E-state index contributed by atoms with van der Waals surface area (Å²) in [7, 11) is 1.62. The molecule has 1 saturated heterocycles. The number of carbonyl (C=O) groups is 1. The zero-order valence-corrected chi connectivity index (χ0v) is 15.5. The summed E-state index contributed by atoms with van der Waals surface area (Å²) in [6.45, 7) is 1.22. The summed E-state index contributed by atoms with van der Waals surface area (Å²) in [5.41, 5.74) is 1.99. The molecule has 8 heteroatoms. The fourth-order valence-corrected chi connectivity index (χ4v) is 3.27. The normalized spacial score (nSPS) is 14.7. The molecule has 4 rings (SSSR count). The van der Waals surface area contributed by atoms with Gasteiger partial charge in [0, 0.05) is 43.9 Å². The third-order valence-corrected chi connectivity index (χ3v) is 4.73. The molecular weight excluding hydrogens is 358 g/mol. The summed E-state index contributed by atoms with van der Waals surface area (Å²) in [5, 5.41) is 7.14. The molecule has 1 amide bonds. The number of ether oxygens (including phenoxy) is 2. The van der Waals surface area contributed by atoms with Crippen LogP contribution >= 0.6 is 0 Å². The van der Waals surface area contributed by atoms with Crippen molar-refractivity contribution in [3.8, 4) is 23.0 Å². The Hall–Kier alpha value is -3.42. The minimum atomic E-state index is -0.0666. The fourth-order valence-electron chi connectivity index (χ4n) is 3.27. The fraction of sp³-hybridized carbons (Fsp3) is 0.300. The maximum atomic E-state index is 12.8. The number of piperidine rings is 1. The number of rotatable bonds is 5. The zero-order valence-electron chi connectivity index (χ0n) is 15.5. The van der Waals surface area contributed by atoms with E-state index in [4.69, 9.17) is 9.47 Å². The van der Waals surface area contributed by atoms with E-state index < -0.39 is 0 Å². The molecule has 1 aromatic carbocycles. The van der Waals surface area contributed by atoms with E-state index >= 15 is 0 Å². The largest absolute Gasteiger partial charge is 0.496 e. The first-order valence-electron chi connectivity index (χ1n) is 9.16. The molecule has 1 aliphatic heterocycles. The maximum absolute atomic E-state index is 12.8. The van der Waals surface area contributed by atoms with E-state index in [1.807, 2.05) is 29.2 Å². The Morgan fingerprint density at radius 2 is 1.89 bits per heavy atom. The Kier molecular flexibility index (Phi) is 5.18. The Balaban J connectivity index is 1.39. The molecule has 2 aromatic heterocycles. The Morgan fingerprint density at radius 3 is 2.64 bits per heavy atom. The average molecular weight is 379 g/mol. The molecule has 144 valence electrons. The molecule has 0 aliphatic carbocycles. The summed E-state index contributed by atoms with van der Waals surface area (Å²) < 4.78 is 11.2. The van der Waals surface area contributed by atoms with E-state index in [-0.39, 0.29) is 12.0 Å². The van der Waals surface area contributed by atoms with Gasteiger partial charge in [0.15, 0.2) is 0 Å². The SMILES string of the molecule is COc1ccccc1-c1cc(C(=O)N2CCC(Oc3ncccn3)CC2)[nH]n1. The number of hydrogen-bond donors (Lipinski definition) is 1. The highest BCUT2D eigenvalue weighted by atomic mass is 16.5. The van der Waals surface area contributed by atoms with E-state index in [0.717, 1.165) is 18.4 Å². The predicted octanol–water partition coefficient (Wildman–Crippen LogP) is 2.56. The highest BCUT2D eigenvalue weighted by Crippen LogP contribution is 2.28. The van der Waals surface area contributed by atoms with Crippen LogP contribution in [0.3, 0.4) is 0 Å². The van der Waals surface area contributed by atoms with Crippen LogP contribution in [0.4, 0.5) is 0 Å². The molecule has 8 nitrogen and oxygen atoms in total. The lowest BCUT2D eigenvalue weighted by Gasteiger charge is -2.31. The first-order chi connectivity index (χ1) is 13.7. The average Bonchev–Trinajstić information content (AvgIpc) is 3.24. The number of H-pyrrole nitrogens is 1. The van der Waals surface area contributed by atoms with Gasteiger partial charge in [-0.3, -0.25) is 9.89 Å². The molecule has 0 unspecified atom stereocenters. The number of carbonyl (C=O) groups excluding carboxylic acids is 1. The Bertz CT molecular complexity index is 936. The molecule has 1 aliphatic rings. The zero-order chi connectivity index (χ0) is 19.3. The summed E-state index contributed by atoms with van der Waals surface area (Å²) in [6.07, 6.45) is 4.78. The van der Waals surface area contributed by atoms with Crippen molar-refractivity contribution in [3.05, 3.63) is 54.5 Å². The lowest BCUT2D eigenvalue weighted by molar-refractivity contribution is 0.0573. The van der Waals surface area contributed by atoms with Crippen molar-refractivity contribution in [3.63, 3.8) is 0 Å². The van der Waals surface area contributed by atoms with Crippen LogP contribution in [0.5, 0.6) is 11.8 Å². The standard InChI is InChI=1S/C20H21N5O3/c1-27-18-6-3-2-5-15(18)16-13-17(24-23-16)19(26)25-11-7-14(8-12-25)28-20-21-9-4-10-22-20/h2-6,9-10,13-14H,7-8,11-12H2,1H3,(H,23,24). The predicted molar refractivity (Wildman–Crippen MR) is 102 cm³/mol. The third kappa shape index (κ3) is 3.80. The summed E-state index contributed by atoms with van der Waals surface area (Å²) in [6, 6.07) is 11.5. The minimum Gasteiger partial charge on any atom is -0.496 e. The molecule has 1 N–H and O–H groups in total. The lowest BCUT2D eigenvalue weighted by Crippen LogP contribution is -2.42. The maximum Gasteiger partial charge on any atom is 0.316 e. The monoisotopic (exact) mass is 379 g/mol. The van der Waals surface area contributed by atoms with Crippen LogP contribution in [-0.4, -0.2) is 57.3 Å². The topological polar surface area (TPSA) is 93.2 Å². The first kappa shape index (κ1) is 18.0. The summed E-state index contributed by atoms with van der Waals surface area (Å²) >= 11 is 0. The van der Waals surface area contributed by atoms with Crippen molar-refractivity contribution in [2.75, 3.05) is 20.2 Å². The van der Waals surface area contributed by atoms with Crippen LogP contribution in [-0.2, 0) is 0 Å². The number of methoxy groups -OCH3 is 1. The Labute approximate surface area is 162 Å². The van der Waals surface area contributed by atoms with Gasteiger partial charge >= 0.3 is 6.01 Å². The Morgan fingerprint density at radius 1 is 1.14 bits per heavy atom. The van der Waals surface area contributed by atoms with E-state index in [1.54, 1.807) is 31.6 Å². The molecule has 3 heterocycles. The van der Waals surface area contributed by atoms with E-state index in [2.05, 4.69) is 20.2 Å². The summed E-state index contributed by atoms with van der Waals surface area (Å²) in [5.74, 6) is 0.650. The number of benzene rings is 1. The molecule has 28 heavy (non-hydrogen) atoms. The molecule has 0 spiro atoms. The number of amides is 1. The second-order valence-electron chi connectivity index (χ2n) is 6.51. The third-order valence-electron chi connectivity index (χ3n) is 4.73. The van der Waals surface area contributed by atoms with Gasteiger partial charge in [0.1, 0.15) is 17.5 Å². The number of nitrogens with one attached hydrogen (secondary N) is 1. The van der Waals surface area contributed by atoms with Gasteiger partial charge in [-0.25, -0.2) is 9.97 Å². The lowest BCUT2D eigenvalue weighted by atomic mass is 10.1. The van der Waals surface area contributed by atoms with Crippen LogP contribution in [0.25, 0.3) is 11.3 Å². The van der Waals surface area contributed by atoms with Gasteiger partial charge in [-0.1, -0.05) is 12.1 Å². The van der Waals surface area contributed by atoms with Crippen LogP contribution in [0.1, 0.15) is 23.3 Å². The van der Waals surface area contributed by atoms with Crippen LogP contribution in [0.2, 0.25) is 0 Å². The van der Waals surface area contributed by atoms with Crippen LogP contribution in [0.15, 0.2) is 48.8 Å². The molecule has 0 radical (unpaired) electrons. The van der Waals surface area contributed by atoms with E-state index in [9.17, 15) is 4.79 Å². The molecule has 3 aromatic rings. The summed E-state index contributed by atoms with van der Waals surface area (Å²) in [4.78, 5) is 22.8. The minimum absolute atomic E-state index is 0.0114. The van der Waals surface area contributed by atoms with Crippen molar-refractivity contribution in [2.45, 2.75) is 18.9 Å². The van der Waals surface area contributed by atoms with Crippen molar-refractivity contribution in [2.24, 2.45) is 0 Å². The van der Waals surface area contributed by atoms with Crippen LogP contribution < -0.4 is 9.47 Å². The van der Waals surface area contributed by atoms with Gasteiger partial charge in [-0.05, 0) is 24.3 Å². The van der Waals surface area contributed by atoms with Crippen LogP contribution in [0, 0.1) is 0 Å². The van der Waals surface area contributed by atoms with Gasteiger partial charge < -0.3 is 14.4 Å². The number of para-hydroxylation sites is 1. The van der Waals surface area contributed by atoms with E-state index in [0.29, 0.717) is 36.2 Å². The van der Waals surface area contributed by atoms with Crippen molar-refractivity contribution < 1.29 is 14.3 Å². The number of likely N-dealkylation sites (tertiary alicyclic amines) is 1. The number of nitrogens with zero attached hydrogens (tertiary/aromatic N) is 4. The molecule has 0 saturated carbocycles. The number of aromatic amines is 1. The van der Waals surface area contributed by atoms with Crippen molar-refractivity contribution in [1.29, 1.82) is 0 Å². The second kappa shape index (κ2) is 8.08. The van der Waals surface area contributed by atoms with Gasteiger partial charge in [-0.15, -0.1) is 0 Å². The highest BCUT2D eigenvalue weighted by Gasteiger charge is 2.26. The van der Waals surface area contributed by atoms with Gasteiger partial charge in [0.2, 0.25) is 0 Å². The van der Waals surface area contributed by atoms with Gasteiger partial charge in [-0.2, -0.15) is 5.10 Å². The van der Waals surface area contributed by atoms with Crippen molar-refractivity contribution >= 4 is 5.91 Å². The van der Waals surface area contributed by atoms with E-state index in [1.165, 1.54) is 0 Å². The number of aromatic nitrogens is 4. The van der Waals surface area contributed by atoms with Gasteiger partial charge in [0.25, 0.3) is 5.91 Å². The molecular formula is C20H21N5O3. The van der Waals surface area contributed by atoms with Gasteiger partial charge in [0.05, 0.1) is 12.8 Å². The molecule has 1 fully saturated rings. The first-order valence-corrected chi connectivity index (χ1v) is 9.16. The molecule has 0 atom stereocenters. The molecule has 0 bridgehead atoms. The smallest absolute Gasteiger partial charge is 0.316 e. The second-order valence-corrected chi connectivity index (χ2v) is 6.51. The number of hydrogen-bond acceptors (Lipinski definition) is 6. The van der Waals surface area contributed by atoms with Crippen molar-refractivity contribution in [1.82, 2.24) is 25.1 Å². The highest BCUT2D eigenvalue weighted by molar-refractivity contribution is 5.93.